The van der Waals surface area contributed by atoms with Crippen molar-refractivity contribution in [3.8, 4) is 0 Å². The van der Waals surface area contributed by atoms with Gasteiger partial charge >= 0.3 is 0 Å². The summed E-state index contributed by atoms with van der Waals surface area (Å²) in [6.45, 7) is 6.85. The van der Waals surface area contributed by atoms with Crippen LogP contribution in [0, 0.1) is 13.8 Å². The van der Waals surface area contributed by atoms with E-state index in [0.29, 0.717) is 19.1 Å². The smallest absolute Gasteiger partial charge is 0.252 e. The largest absolute Gasteiger partial charge is 0.377 e. The van der Waals surface area contributed by atoms with Crippen LogP contribution in [0.25, 0.3) is 10.9 Å². The van der Waals surface area contributed by atoms with Crippen molar-refractivity contribution >= 4 is 10.9 Å². The lowest BCUT2D eigenvalue weighted by Crippen LogP contribution is -2.34. The molecule has 1 aromatic carbocycles. The van der Waals surface area contributed by atoms with Crippen LogP contribution < -0.4 is 5.56 Å². The summed E-state index contributed by atoms with van der Waals surface area (Å²) in [5.74, 6) is 0.878. The number of tetrazole rings is 1. The molecule has 3 aromatic rings. The predicted octanol–water partition coefficient (Wildman–Crippen LogP) is 3.82. The number of aryl methyl sites for hydroxylation is 2. The lowest BCUT2D eigenvalue weighted by Gasteiger charge is -2.27. The predicted molar refractivity (Wildman–Crippen MR) is 127 cm³/mol. The maximum Gasteiger partial charge on any atom is 0.252 e. The molecule has 0 bridgehead atoms. The van der Waals surface area contributed by atoms with Crippen LogP contribution >= 0.6 is 0 Å². The van der Waals surface area contributed by atoms with E-state index in [2.05, 4.69) is 51.4 Å². The third kappa shape index (κ3) is 4.87. The molecule has 1 saturated heterocycles. The highest BCUT2D eigenvalue weighted by atomic mass is 16.5. The Morgan fingerprint density at radius 1 is 1.12 bits per heavy atom. The van der Waals surface area contributed by atoms with Crippen LogP contribution in [0.5, 0.6) is 0 Å². The number of fused-ring (bicyclic) bond motifs is 1. The summed E-state index contributed by atoms with van der Waals surface area (Å²) in [4.78, 5) is 18.4. The Labute approximate surface area is 194 Å². The van der Waals surface area contributed by atoms with Crippen LogP contribution in [0.1, 0.15) is 73.5 Å². The molecule has 1 aliphatic heterocycles. The van der Waals surface area contributed by atoms with Gasteiger partial charge in [0.25, 0.3) is 5.56 Å². The van der Waals surface area contributed by atoms with Gasteiger partial charge in [0.2, 0.25) is 0 Å². The van der Waals surface area contributed by atoms with E-state index < -0.39 is 0 Å². The maximum atomic E-state index is 13.0. The minimum atomic E-state index is -0.0274. The molecule has 0 radical (unpaired) electrons. The summed E-state index contributed by atoms with van der Waals surface area (Å²) in [5, 5.41) is 13.8. The fourth-order valence-electron chi connectivity index (χ4n) is 5.32. The van der Waals surface area contributed by atoms with Gasteiger partial charge in [0.15, 0.2) is 5.82 Å². The van der Waals surface area contributed by atoms with Gasteiger partial charge in [-0.15, -0.1) is 5.10 Å². The molecule has 2 fully saturated rings. The molecule has 2 aromatic heterocycles. The van der Waals surface area contributed by atoms with Crippen LogP contribution in [0.3, 0.4) is 0 Å². The van der Waals surface area contributed by atoms with E-state index in [-0.39, 0.29) is 11.7 Å². The Balaban J connectivity index is 1.42. The summed E-state index contributed by atoms with van der Waals surface area (Å²) < 4.78 is 7.96. The zero-order valence-electron chi connectivity index (χ0n) is 19.7. The molecule has 176 valence electrons. The van der Waals surface area contributed by atoms with Gasteiger partial charge in [-0.1, -0.05) is 31.4 Å². The van der Waals surface area contributed by atoms with Crippen LogP contribution in [0.4, 0.5) is 0 Å². The van der Waals surface area contributed by atoms with Crippen LogP contribution in [0.15, 0.2) is 23.0 Å². The summed E-state index contributed by atoms with van der Waals surface area (Å²) >= 11 is 0. The number of aromatic nitrogens is 5. The Hall–Kier alpha value is -2.58. The molecule has 0 unspecified atom stereocenters. The number of pyridine rings is 1. The SMILES string of the molecule is Cc1ccc2cc(CN(Cc3nnnn3C3CCCCC3)C[C@H]3CCCO3)c(=O)[nH]c2c1C. The molecule has 1 aliphatic carbocycles. The molecule has 5 rings (SSSR count). The second kappa shape index (κ2) is 9.73. The van der Waals surface area contributed by atoms with Gasteiger partial charge in [0.05, 0.1) is 24.2 Å². The van der Waals surface area contributed by atoms with Crippen molar-refractivity contribution in [2.24, 2.45) is 0 Å². The van der Waals surface area contributed by atoms with Crippen LogP contribution in [0.2, 0.25) is 0 Å². The first-order valence-electron chi connectivity index (χ1n) is 12.3. The van der Waals surface area contributed by atoms with Crippen LogP contribution in [-0.2, 0) is 17.8 Å². The van der Waals surface area contributed by atoms with Gasteiger partial charge in [-0.2, -0.15) is 0 Å². The molecular weight excluding hydrogens is 416 g/mol. The van der Waals surface area contributed by atoms with Gasteiger partial charge in [-0.05, 0) is 72.5 Å². The number of nitrogens with zero attached hydrogens (tertiary/aromatic N) is 5. The number of ether oxygens (including phenoxy) is 1. The lowest BCUT2D eigenvalue weighted by atomic mass is 9.95. The minimum Gasteiger partial charge on any atom is -0.377 e. The van der Waals surface area contributed by atoms with E-state index in [0.717, 1.165) is 66.7 Å². The van der Waals surface area contributed by atoms with Gasteiger partial charge in [0, 0.05) is 25.3 Å². The van der Waals surface area contributed by atoms with Gasteiger partial charge < -0.3 is 9.72 Å². The van der Waals surface area contributed by atoms with E-state index in [4.69, 9.17) is 4.74 Å². The number of nitrogens with one attached hydrogen (secondary N) is 1. The van der Waals surface area contributed by atoms with Gasteiger partial charge in [0.1, 0.15) is 0 Å². The topological polar surface area (TPSA) is 88.9 Å². The lowest BCUT2D eigenvalue weighted by molar-refractivity contribution is 0.0659. The number of aromatic amines is 1. The molecule has 1 atom stereocenters. The molecule has 3 heterocycles. The van der Waals surface area contributed by atoms with Crippen molar-refractivity contribution in [2.75, 3.05) is 13.2 Å². The van der Waals surface area contributed by atoms with E-state index >= 15 is 0 Å². The zero-order chi connectivity index (χ0) is 22.8. The van der Waals surface area contributed by atoms with Crippen molar-refractivity contribution < 1.29 is 4.74 Å². The zero-order valence-corrected chi connectivity index (χ0v) is 19.7. The van der Waals surface area contributed by atoms with Crippen molar-refractivity contribution in [3.05, 3.63) is 51.1 Å². The summed E-state index contributed by atoms with van der Waals surface area (Å²) in [6, 6.07) is 6.62. The molecule has 1 N–H and O–H groups in total. The maximum absolute atomic E-state index is 13.0. The van der Waals surface area contributed by atoms with Gasteiger partial charge in [-0.25, -0.2) is 4.68 Å². The van der Waals surface area contributed by atoms with Gasteiger partial charge in [-0.3, -0.25) is 9.69 Å². The Morgan fingerprint density at radius 3 is 2.76 bits per heavy atom. The Bertz CT molecular complexity index is 1160. The third-order valence-electron chi connectivity index (χ3n) is 7.35. The van der Waals surface area contributed by atoms with E-state index in [1.807, 2.05) is 10.7 Å². The molecule has 8 nitrogen and oxygen atoms in total. The first-order chi connectivity index (χ1) is 16.1. The number of benzene rings is 1. The van der Waals surface area contributed by atoms with Crippen molar-refractivity contribution in [2.45, 2.75) is 84.0 Å². The second-order valence-electron chi connectivity index (χ2n) is 9.73. The fraction of sp³-hybridized carbons (Fsp3) is 0.600. The second-order valence-corrected chi connectivity index (χ2v) is 9.73. The Kier molecular flexibility index (Phi) is 6.55. The molecule has 1 saturated carbocycles. The normalized spacial score (nSPS) is 19.7. The van der Waals surface area contributed by atoms with E-state index in [1.165, 1.54) is 24.8 Å². The van der Waals surface area contributed by atoms with Crippen molar-refractivity contribution in [1.29, 1.82) is 0 Å². The fourth-order valence-corrected chi connectivity index (χ4v) is 5.32. The standard InChI is InChI=1S/C25H34N6O2/c1-17-10-11-19-13-20(25(32)26-24(19)18(17)2)14-30(15-22-9-6-12-33-22)16-23-27-28-29-31(23)21-7-4-3-5-8-21/h10-11,13,21-22H,3-9,12,14-16H2,1-2H3,(H,26,32)/t22-/m1/s1. The molecule has 2 aliphatic rings. The minimum absolute atomic E-state index is 0.0274. The third-order valence-corrected chi connectivity index (χ3v) is 7.35. The van der Waals surface area contributed by atoms with Crippen molar-refractivity contribution in [1.82, 2.24) is 30.1 Å². The van der Waals surface area contributed by atoms with Crippen LogP contribution in [-0.4, -0.2) is 49.3 Å². The first kappa shape index (κ1) is 22.2. The highest BCUT2D eigenvalue weighted by molar-refractivity contribution is 5.83. The van der Waals surface area contributed by atoms with Crippen molar-refractivity contribution in [3.63, 3.8) is 0 Å². The Morgan fingerprint density at radius 2 is 1.97 bits per heavy atom. The number of rotatable bonds is 7. The number of H-pyrrole nitrogens is 1. The highest BCUT2D eigenvalue weighted by Crippen LogP contribution is 2.28. The quantitative estimate of drug-likeness (QED) is 0.589. The van der Waals surface area contributed by atoms with E-state index in [1.54, 1.807) is 0 Å². The number of hydrogen-bond donors (Lipinski definition) is 1. The summed E-state index contributed by atoms with van der Waals surface area (Å²) in [6.07, 6.45) is 8.35. The molecule has 8 heteroatoms. The molecule has 0 spiro atoms. The number of hydrogen-bond acceptors (Lipinski definition) is 6. The molecule has 0 amide bonds. The average Bonchev–Trinajstić information content (AvgIpc) is 3.50. The highest BCUT2D eigenvalue weighted by Gasteiger charge is 2.25. The average molecular weight is 451 g/mol. The summed E-state index contributed by atoms with van der Waals surface area (Å²) in [5.41, 5.74) is 3.97. The first-order valence-corrected chi connectivity index (χ1v) is 12.3. The van der Waals surface area contributed by atoms with E-state index in [9.17, 15) is 4.79 Å². The molecule has 33 heavy (non-hydrogen) atoms. The molecular formula is C25H34N6O2. The summed E-state index contributed by atoms with van der Waals surface area (Å²) in [7, 11) is 0. The monoisotopic (exact) mass is 450 g/mol.